The van der Waals surface area contributed by atoms with Crippen LogP contribution in [0.25, 0.3) is 0 Å². The van der Waals surface area contributed by atoms with Crippen molar-refractivity contribution < 1.29 is 19.1 Å². The van der Waals surface area contributed by atoms with E-state index in [4.69, 9.17) is 9.47 Å². The highest BCUT2D eigenvalue weighted by atomic mass is 16.5. The molecule has 0 radical (unpaired) electrons. The summed E-state index contributed by atoms with van der Waals surface area (Å²) >= 11 is 0. The van der Waals surface area contributed by atoms with E-state index in [0.29, 0.717) is 5.75 Å². The van der Waals surface area contributed by atoms with Crippen LogP contribution in [0.3, 0.4) is 0 Å². The third kappa shape index (κ3) is 6.07. The smallest absolute Gasteiger partial charge is 0.329 e. The lowest BCUT2D eigenvalue weighted by molar-refractivity contribution is -0.149. The van der Waals surface area contributed by atoms with Gasteiger partial charge >= 0.3 is 5.97 Å². The largest absolute Gasteiger partial charge is 0.491 e. The van der Waals surface area contributed by atoms with Crippen molar-refractivity contribution in [1.82, 2.24) is 10.6 Å². The minimum absolute atomic E-state index is 0.0287. The van der Waals surface area contributed by atoms with Gasteiger partial charge in [0.15, 0.2) is 0 Å². The third-order valence-electron chi connectivity index (χ3n) is 5.80. The van der Waals surface area contributed by atoms with Gasteiger partial charge in [-0.25, -0.2) is 4.79 Å². The van der Waals surface area contributed by atoms with Crippen LogP contribution in [-0.2, 0) is 27.2 Å². The van der Waals surface area contributed by atoms with E-state index in [2.05, 4.69) is 28.8 Å². The minimum atomic E-state index is -1.16. The second-order valence-corrected chi connectivity index (χ2v) is 8.30. The van der Waals surface area contributed by atoms with Crippen LogP contribution in [0.15, 0.2) is 48.5 Å². The fourth-order valence-corrected chi connectivity index (χ4v) is 3.83. The molecular weight excluding hydrogens is 392 g/mol. The van der Waals surface area contributed by atoms with E-state index in [1.807, 2.05) is 37.3 Å². The van der Waals surface area contributed by atoms with Crippen molar-refractivity contribution in [2.24, 2.45) is 0 Å². The fourth-order valence-electron chi connectivity index (χ4n) is 3.83. The Kier molecular flexibility index (Phi) is 7.69. The normalized spacial score (nSPS) is 15.8. The molecule has 166 valence electrons. The van der Waals surface area contributed by atoms with Crippen molar-refractivity contribution in [3.63, 3.8) is 0 Å². The van der Waals surface area contributed by atoms with Gasteiger partial charge in [0, 0.05) is 0 Å². The van der Waals surface area contributed by atoms with Crippen LogP contribution in [0.4, 0.5) is 0 Å². The molecule has 0 bridgehead atoms. The molecule has 0 saturated heterocycles. The summed E-state index contributed by atoms with van der Waals surface area (Å²) in [5, 5.41) is 6.02. The molecule has 2 atom stereocenters. The number of esters is 1. The number of methoxy groups -OCH3 is 1. The van der Waals surface area contributed by atoms with E-state index in [9.17, 15) is 9.59 Å². The Morgan fingerprint density at radius 3 is 2.48 bits per heavy atom. The van der Waals surface area contributed by atoms with Gasteiger partial charge in [-0.3, -0.25) is 10.1 Å². The van der Waals surface area contributed by atoms with Crippen LogP contribution < -0.4 is 15.4 Å². The Hall–Kier alpha value is -2.86. The molecule has 2 aromatic carbocycles. The highest BCUT2D eigenvalue weighted by Crippen LogP contribution is 2.24. The summed E-state index contributed by atoms with van der Waals surface area (Å²) in [5.41, 5.74) is 2.75. The van der Waals surface area contributed by atoms with Gasteiger partial charge in [0.05, 0.1) is 19.7 Å². The van der Waals surface area contributed by atoms with E-state index < -0.39 is 11.5 Å². The van der Waals surface area contributed by atoms with Gasteiger partial charge in [0.2, 0.25) is 5.91 Å². The molecule has 2 N–H and O–H groups in total. The van der Waals surface area contributed by atoms with E-state index in [1.165, 1.54) is 31.1 Å². The predicted molar refractivity (Wildman–Crippen MR) is 120 cm³/mol. The maximum Gasteiger partial charge on any atom is 0.329 e. The van der Waals surface area contributed by atoms with Gasteiger partial charge < -0.3 is 14.8 Å². The molecule has 1 aliphatic carbocycles. The number of aryl methyl sites for hydroxylation is 2. The summed E-state index contributed by atoms with van der Waals surface area (Å²) in [7, 11) is 1.32. The number of para-hydroxylation sites is 1. The van der Waals surface area contributed by atoms with Gasteiger partial charge in [-0.1, -0.05) is 36.4 Å². The van der Waals surface area contributed by atoms with E-state index in [-0.39, 0.29) is 25.1 Å². The summed E-state index contributed by atoms with van der Waals surface area (Å²) < 4.78 is 10.7. The molecule has 0 aromatic heterocycles. The summed E-state index contributed by atoms with van der Waals surface area (Å²) in [4.78, 5) is 24.9. The van der Waals surface area contributed by atoms with Crippen LogP contribution in [-0.4, -0.2) is 37.7 Å². The van der Waals surface area contributed by atoms with E-state index in [0.717, 1.165) is 18.4 Å². The van der Waals surface area contributed by atoms with Crippen molar-refractivity contribution in [3.8, 4) is 5.75 Å². The first-order chi connectivity index (χ1) is 14.9. The summed E-state index contributed by atoms with van der Waals surface area (Å²) in [6, 6.07) is 15.6. The molecule has 0 spiro atoms. The number of nitrogens with one attached hydrogen (secondary N) is 2. The molecule has 31 heavy (non-hydrogen) atoms. The maximum atomic E-state index is 12.6. The summed E-state index contributed by atoms with van der Waals surface area (Å²) in [5.74, 6) is -0.0380. The van der Waals surface area contributed by atoms with Gasteiger partial charge in [0.25, 0.3) is 0 Å². The molecule has 2 aromatic rings. The molecule has 6 nitrogen and oxygen atoms in total. The van der Waals surface area contributed by atoms with E-state index >= 15 is 0 Å². The van der Waals surface area contributed by atoms with Crippen LogP contribution in [0.1, 0.15) is 49.4 Å². The zero-order valence-electron chi connectivity index (χ0n) is 18.6. The van der Waals surface area contributed by atoms with Gasteiger partial charge in [-0.05, 0) is 68.4 Å². The molecule has 6 heteroatoms. The van der Waals surface area contributed by atoms with Gasteiger partial charge in [0.1, 0.15) is 17.9 Å². The Morgan fingerprint density at radius 1 is 1.06 bits per heavy atom. The highest BCUT2D eigenvalue weighted by molar-refractivity contribution is 5.83. The number of carbonyl (C=O) groups is 2. The average molecular weight is 425 g/mol. The van der Waals surface area contributed by atoms with Crippen LogP contribution >= 0.6 is 0 Å². The fraction of sp³-hybridized carbons (Fsp3) is 0.440. The summed E-state index contributed by atoms with van der Waals surface area (Å²) in [6.45, 7) is 3.65. The number of hydrogen-bond donors (Lipinski definition) is 2. The number of amides is 1. The molecule has 0 aliphatic heterocycles. The first-order valence-corrected chi connectivity index (χ1v) is 10.8. The zero-order chi connectivity index (χ0) is 22.3. The number of ether oxygens (including phenoxy) is 2. The number of fused-ring (bicyclic) bond motifs is 1. The zero-order valence-corrected chi connectivity index (χ0v) is 18.6. The quantitative estimate of drug-likeness (QED) is 0.604. The monoisotopic (exact) mass is 424 g/mol. The second-order valence-electron chi connectivity index (χ2n) is 8.30. The molecule has 1 amide bonds. The lowest BCUT2D eigenvalue weighted by Gasteiger charge is -2.28. The van der Waals surface area contributed by atoms with Crippen molar-refractivity contribution in [2.75, 3.05) is 20.3 Å². The lowest BCUT2D eigenvalue weighted by atomic mass is 9.89. The van der Waals surface area contributed by atoms with Gasteiger partial charge in [-0.2, -0.15) is 0 Å². The van der Waals surface area contributed by atoms with Crippen molar-refractivity contribution in [1.29, 1.82) is 0 Å². The second kappa shape index (κ2) is 10.4. The Morgan fingerprint density at radius 2 is 1.77 bits per heavy atom. The first-order valence-electron chi connectivity index (χ1n) is 10.8. The minimum Gasteiger partial charge on any atom is -0.491 e. The number of hydrogen-bond acceptors (Lipinski definition) is 5. The number of carbonyl (C=O) groups excluding carboxylic acids is 2. The highest BCUT2D eigenvalue weighted by Gasteiger charge is 2.36. The van der Waals surface area contributed by atoms with Crippen molar-refractivity contribution in [3.05, 3.63) is 65.2 Å². The van der Waals surface area contributed by atoms with E-state index in [1.54, 1.807) is 6.92 Å². The molecule has 0 heterocycles. The maximum absolute atomic E-state index is 12.6. The van der Waals surface area contributed by atoms with Crippen LogP contribution in [0.2, 0.25) is 0 Å². The Labute approximate surface area is 184 Å². The molecule has 3 rings (SSSR count). The van der Waals surface area contributed by atoms with Crippen LogP contribution in [0.5, 0.6) is 5.75 Å². The Bertz CT molecular complexity index is 900. The number of rotatable bonds is 9. The lowest BCUT2D eigenvalue weighted by Crippen LogP contribution is -2.57. The third-order valence-corrected chi connectivity index (χ3v) is 5.80. The van der Waals surface area contributed by atoms with Crippen molar-refractivity contribution >= 4 is 11.9 Å². The van der Waals surface area contributed by atoms with Gasteiger partial charge in [-0.15, -0.1) is 0 Å². The molecule has 2 unspecified atom stereocenters. The topological polar surface area (TPSA) is 76.7 Å². The SMILES string of the molecule is COC(=O)C(C)(COc1ccccc1)NCC(=O)NC(C)c1ccc2c(c1)CCCC2. The molecule has 1 aliphatic rings. The molecule has 0 fully saturated rings. The Balaban J connectivity index is 1.56. The van der Waals surface area contributed by atoms with Crippen LogP contribution in [0, 0.1) is 0 Å². The predicted octanol–water partition coefficient (Wildman–Crippen LogP) is 3.34. The average Bonchev–Trinajstić information content (AvgIpc) is 2.81. The first kappa shape index (κ1) is 22.8. The van der Waals surface area contributed by atoms with Crippen molar-refractivity contribution in [2.45, 2.75) is 51.1 Å². The molecule has 0 saturated carbocycles. The standard InChI is InChI=1S/C25H32N2O4/c1-18(20-14-13-19-9-7-8-10-21(19)15-20)27-23(28)16-26-25(2,24(29)30-3)17-31-22-11-5-4-6-12-22/h4-6,11-15,18,26H,7-10,16-17H2,1-3H3,(H,27,28). The number of benzene rings is 2. The molecular formula is C25H32N2O4. The summed E-state index contributed by atoms with van der Waals surface area (Å²) in [6.07, 6.45) is 4.71.